The first-order valence-electron chi connectivity index (χ1n) is 10.6. The Labute approximate surface area is 207 Å². The van der Waals surface area contributed by atoms with E-state index in [1.807, 2.05) is 0 Å². The van der Waals surface area contributed by atoms with E-state index < -0.39 is 56.2 Å². The molecule has 0 bridgehead atoms. The van der Waals surface area contributed by atoms with Gasteiger partial charge in [0.05, 0.1) is 19.5 Å². The van der Waals surface area contributed by atoms with Crippen molar-refractivity contribution in [2.75, 3.05) is 25.7 Å². The molecule has 3 aromatic rings. The molecule has 0 saturated carbocycles. The highest BCUT2D eigenvalue weighted by Crippen LogP contribution is 2.35. The number of aromatic nitrogens is 4. The van der Waals surface area contributed by atoms with Crippen LogP contribution in [0.3, 0.4) is 0 Å². The van der Waals surface area contributed by atoms with Crippen molar-refractivity contribution in [2.45, 2.75) is 36.6 Å². The lowest BCUT2D eigenvalue weighted by molar-refractivity contribution is -0.188. The van der Waals surface area contributed by atoms with Crippen LogP contribution in [0.2, 0.25) is 5.28 Å². The predicted octanol–water partition coefficient (Wildman–Crippen LogP) is 0.413. The van der Waals surface area contributed by atoms with Crippen LogP contribution in [0, 0.1) is 0 Å². The van der Waals surface area contributed by atoms with Crippen molar-refractivity contribution in [3.05, 3.63) is 41.4 Å². The molecule has 1 fully saturated rings. The number of alkyl halides is 1. The summed E-state index contributed by atoms with van der Waals surface area (Å²) in [6.07, 6.45) is -5.43. The second-order valence-corrected chi connectivity index (χ2v) is 8.47. The largest absolute Gasteiger partial charge is 0.508 e. The third-order valence-corrected chi connectivity index (χ3v) is 5.90. The molecule has 0 aliphatic carbocycles. The molecule has 1 aliphatic rings. The number of ether oxygens (including phenoxy) is 3. The third kappa shape index (κ3) is 5.04. The number of nitrogen functional groups attached to an aromatic ring is 1. The van der Waals surface area contributed by atoms with Gasteiger partial charge in [-0.05, 0) is 29.3 Å². The zero-order valence-electron chi connectivity index (χ0n) is 18.6. The number of phenolic OH excluding ortho intramolecular Hbond substituents is 1. The molecular weight excluding hydrogens is 505 g/mol. The number of hydrogen-bond donors (Lipinski definition) is 5. The van der Waals surface area contributed by atoms with Gasteiger partial charge < -0.3 is 40.4 Å². The normalized spacial score (nSPS) is 23.7. The fourth-order valence-electron chi connectivity index (χ4n) is 3.95. The van der Waals surface area contributed by atoms with Crippen LogP contribution in [0.4, 0.5) is 10.2 Å². The first-order valence-corrected chi connectivity index (χ1v) is 11.0. The van der Waals surface area contributed by atoms with E-state index in [0.29, 0.717) is 5.56 Å². The van der Waals surface area contributed by atoms with Crippen LogP contribution in [0.15, 0.2) is 30.6 Å². The molecule has 4 rings (SSSR count). The van der Waals surface area contributed by atoms with Crippen LogP contribution >= 0.6 is 11.6 Å². The molecule has 36 heavy (non-hydrogen) atoms. The Balaban J connectivity index is 1.56. The smallest absolute Gasteiger partial charge is 0.338 e. The number of carbonyl (C=O) groups is 1. The predicted molar refractivity (Wildman–Crippen MR) is 121 cm³/mol. The molecular formula is C21H23ClFN5O8. The van der Waals surface area contributed by atoms with E-state index in [9.17, 15) is 20.1 Å². The number of aliphatic hydroxyl groups is 2. The molecule has 5 atom stereocenters. The Morgan fingerprint density at radius 1 is 1.36 bits per heavy atom. The molecule has 6 N–H and O–H groups in total. The summed E-state index contributed by atoms with van der Waals surface area (Å²) in [7, 11) is 0. The van der Waals surface area contributed by atoms with Crippen LogP contribution in [-0.2, 0) is 25.4 Å². The van der Waals surface area contributed by atoms with Crippen molar-refractivity contribution < 1.29 is 43.8 Å². The minimum atomic E-state index is -2.06. The Bertz CT molecular complexity index is 1250. The molecule has 0 amide bonds. The van der Waals surface area contributed by atoms with Crippen molar-refractivity contribution in [1.29, 1.82) is 0 Å². The standard InChI is InChI=1S/C21H23ClFN5O8/c22-20-26-16(24)14-17(27-20)28(8-25-14)18-13(23)15(31)12(36-18)6-35-21(19(32)33,7-34-9-29)5-10-2-1-3-11(30)4-10/h1-4,8,12-13,15,18,29-31H,5-7,9H2,(H,32,33)(H2,24,26,27)/t12-,13+,15-,18-,21?/m1/s1. The number of hydrogen-bond acceptors (Lipinski definition) is 11. The molecule has 1 unspecified atom stereocenters. The number of halogens is 2. The lowest BCUT2D eigenvalue weighted by Crippen LogP contribution is -2.50. The number of anilines is 1. The van der Waals surface area contributed by atoms with Crippen molar-refractivity contribution in [2.24, 2.45) is 0 Å². The first kappa shape index (κ1) is 25.9. The van der Waals surface area contributed by atoms with Crippen LogP contribution < -0.4 is 5.73 Å². The minimum absolute atomic E-state index is 0.0281. The van der Waals surface area contributed by atoms with Gasteiger partial charge in [-0.25, -0.2) is 14.2 Å². The average Bonchev–Trinajstić information content (AvgIpc) is 3.36. The van der Waals surface area contributed by atoms with Crippen LogP contribution in [0.25, 0.3) is 11.2 Å². The third-order valence-electron chi connectivity index (χ3n) is 5.73. The van der Waals surface area contributed by atoms with Crippen LogP contribution in [0.1, 0.15) is 11.8 Å². The zero-order valence-corrected chi connectivity index (χ0v) is 19.3. The van der Waals surface area contributed by atoms with E-state index in [1.54, 1.807) is 6.07 Å². The first-order chi connectivity index (χ1) is 17.1. The van der Waals surface area contributed by atoms with E-state index in [4.69, 9.17) is 36.7 Å². The highest BCUT2D eigenvalue weighted by Gasteiger charge is 2.48. The maximum atomic E-state index is 15.1. The van der Waals surface area contributed by atoms with Gasteiger partial charge in [0.15, 0.2) is 29.5 Å². The molecule has 1 saturated heterocycles. The van der Waals surface area contributed by atoms with Crippen molar-refractivity contribution in [3.8, 4) is 5.75 Å². The Kier molecular flexibility index (Phi) is 7.54. The van der Waals surface area contributed by atoms with E-state index in [2.05, 4.69) is 15.0 Å². The van der Waals surface area contributed by atoms with E-state index >= 15 is 4.39 Å². The van der Waals surface area contributed by atoms with Crippen LogP contribution in [0.5, 0.6) is 5.75 Å². The summed E-state index contributed by atoms with van der Waals surface area (Å²) in [4.78, 5) is 24.1. The van der Waals surface area contributed by atoms with Gasteiger partial charge >= 0.3 is 5.97 Å². The minimum Gasteiger partial charge on any atom is -0.508 e. The van der Waals surface area contributed by atoms with Gasteiger partial charge in [-0.15, -0.1) is 0 Å². The number of benzene rings is 1. The summed E-state index contributed by atoms with van der Waals surface area (Å²) in [5, 5.41) is 39.1. The lowest BCUT2D eigenvalue weighted by atomic mass is 9.94. The van der Waals surface area contributed by atoms with Gasteiger partial charge in [0, 0.05) is 6.42 Å². The number of aliphatic carboxylic acids is 1. The quantitative estimate of drug-likeness (QED) is 0.180. The number of imidazole rings is 1. The van der Waals surface area contributed by atoms with Gasteiger partial charge in [-0.1, -0.05) is 12.1 Å². The highest BCUT2D eigenvalue weighted by molar-refractivity contribution is 6.28. The molecule has 1 aliphatic heterocycles. The van der Waals surface area contributed by atoms with E-state index in [0.717, 1.165) is 0 Å². The molecule has 3 heterocycles. The number of aliphatic hydroxyl groups excluding tert-OH is 2. The Morgan fingerprint density at radius 3 is 2.83 bits per heavy atom. The summed E-state index contributed by atoms with van der Waals surface area (Å²) < 4.78 is 32.6. The fraction of sp³-hybridized carbons (Fsp3) is 0.429. The number of fused-ring (bicyclic) bond motifs is 1. The number of carboxylic acids is 1. The molecule has 2 aromatic heterocycles. The van der Waals surface area contributed by atoms with Gasteiger partial charge in [0.2, 0.25) is 5.28 Å². The van der Waals surface area contributed by atoms with Crippen molar-refractivity contribution >= 4 is 34.6 Å². The summed E-state index contributed by atoms with van der Waals surface area (Å²) in [5.74, 6) is -1.56. The SMILES string of the molecule is Nc1nc(Cl)nc2c1ncn2[C@@H]1O[C@H](COC(COCO)(Cc2cccc(O)c2)C(=O)O)[C@@H](O)[C@@H]1F. The number of rotatable bonds is 10. The van der Waals surface area contributed by atoms with Gasteiger partial charge in [0.1, 0.15) is 30.3 Å². The van der Waals surface area contributed by atoms with Crippen molar-refractivity contribution in [1.82, 2.24) is 19.5 Å². The van der Waals surface area contributed by atoms with E-state index in [1.165, 1.54) is 29.1 Å². The van der Waals surface area contributed by atoms with Gasteiger partial charge in [-0.3, -0.25) is 4.57 Å². The molecule has 1 aromatic carbocycles. The topological polar surface area (TPSA) is 195 Å². The highest BCUT2D eigenvalue weighted by atomic mass is 35.5. The number of phenols is 1. The summed E-state index contributed by atoms with van der Waals surface area (Å²) in [5.41, 5.74) is 4.35. The average molecular weight is 528 g/mol. The Hall–Kier alpha value is -3.14. The lowest BCUT2D eigenvalue weighted by Gasteiger charge is -2.31. The van der Waals surface area contributed by atoms with Gasteiger partial charge in [-0.2, -0.15) is 9.97 Å². The molecule has 0 spiro atoms. The van der Waals surface area contributed by atoms with Crippen LogP contribution in [-0.4, -0.2) is 89.9 Å². The van der Waals surface area contributed by atoms with E-state index in [-0.39, 0.29) is 34.4 Å². The number of nitrogens with zero attached hydrogens (tertiary/aromatic N) is 4. The monoisotopic (exact) mass is 527 g/mol. The maximum Gasteiger partial charge on any atom is 0.338 e. The second-order valence-electron chi connectivity index (χ2n) is 8.14. The fourth-order valence-corrected chi connectivity index (χ4v) is 4.12. The second kappa shape index (κ2) is 10.5. The summed E-state index contributed by atoms with van der Waals surface area (Å²) in [6.45, 7) is -1.92. The summed E-state index contributed by atoms with van der Waals surface area (Å²) >= 11 is 5.85. The Morgan fingerprint density at radius 2 is 2.14 bits per heavy atom. The summed E-state index contributed by atoms with van der Waals surface area (Å²) in [6, 6.07) is 5.84. The molecule has 13 nitrogen and oxygen atoms in total. The molecule has 0 radical (unpaired) electrons. The maximum absolute atomic E-state index is 15.1. The number of aromatic hydroxyl groups is 1. The van der Waals surface area contributed by atoms with Crippen molar-refractivity contribution in [3.63, 3.8) is 0 Å². The van der Waals surface area contributed by atoms with Gasteiger partial charge in [0.25, 0.3) is 0 Å². The zero-order chi connectivity index (χ0) is 26.0. The molecule has 194 valence electrons. The number of carboxylic acid groups (broad SMARTS) is 1. The molecule has 15 heteroatoms. The number of nitrogens with two attached hydrogens (primary N) is 1.